The predicted octanol–water partition coefficient (Wildman–Crippen LogP) is 3.78. The van der Waals surface area contributed by atoms with Crippen LogP contribution in [0.1, 0.15) is 12.5 Å². The van der Waals surface area contributed by atoms with Crippen molar-refractivity contribution in [1.29, 1.82) is 5.26 Å². The normalized spacial score (nSPS) is 10.2. The summed E-state index contributed by atoms with van der Waals surface area (Å²) in [4.78, 5) is 30.3. The second-order valence-corrected chi connectivity index (χ2v) is 6.51. The van der Waals surface area contributed by atoms with Crippen LogP contribution in [0.2, 0.25) is 0 Å². The highest BCUT2D eigenvalue weighted by Crippen LogP contribution is 2.34. The monoisotopic (exact) mass is 392 g/mol. The van der Waals surface area contributed by atoms with Crippen molar-refractivity contribution < 1.29 is 9.53 Å². The van der Waals surface area contributed by atoms with Gasteiger partial charge in [-0.3, -0.25) is 9.59 Å². The van der Waals surface area contributed by atoms with E-state index in [1.54, 1.807) is 54.8 Å². The van der Waals surface area contributed by atoms with Crippen LogP contribution in [0.3, 0.4) is 0 Å². The summed E-state index contributed by atoms with van der Waals surface area (Å²) in [7, 11) is 0. The van der Waals surface area contributed by atoms with Crippen LogP contribution >= 0.6 is 11.8 Å². The molecule has 0 unspecified atom stereocenters. The number of hydrogen-bond acceptors (Lipinski definition) is 6. The number of carbonyl (C=O) groups is 1. The highest BCUT2D eigenvalue weighted by atomic mass is 32.2. The topological polar surface area (TPSA) is 108 Å². The molecule has 0 aliphatic carbocycles. The van der Waals surface area contributed by atoms with Gasteiger partial charge in [0.2, 0.25) is 5.91 Å². The van der Waals surface area contributed by atoms with Crippen molar-refractivity contribution in [3.63, 3.8) is 0 Å². The molecule has 3 aromatic rings. The highest BCUT2D eigenvalue weighted by molar-refractivity contribution is 7.98. The molecule has 0 aliphatic rings. The van der Waals surface area contributed by atoms with Crippen LogP contribution in [0.25, 0.3) is 11.3 Å². The van der Waals surface area contributed by atoms with Gasteiger partial charge in [-0.15, -0.1) is 0 Å². The highest BCUT2D eigenvalue weighted by Gasteiger charge is 2.17. The third-order valence-corrected chi connectivity index (χ3v) is 4.33. The van der Waals surface area contributed by atoms with Crippen molar-refractivity contribution in [1.82, 2.24) is 9.97 Å². The molecular formula is C20H16N4O3S. The quantitative estimate of drug-likeness (QED) is 0.505. The first-order valence-corrected chi connectivity index (χ1v) is 9.47. The summed E-state index contributed by atoms with van der Waals surface area (Å²) in [6, 6.07) is 15.8. The van der Waals surface area contributed by atoms with Crippen molar-refractivity contribution in [3.8, 4) is 28.8 Å². The molecular weight excluding hydrogens is 376 g/mol. The number of H-pyrrole nitrogens is 1. The minimum atomic E-state index is -0.494. The minimum Gasteiger partial charge on any atom is -0.457 e. The maximum absolute atomic E-state index is 12.2. The second-order valence-electron chi connectivity index (χ2n) is 5.71. The molecule has 28 heavy (non-hydrogen) atoms. The largest absolute Gasteiger partial charge is 0.457 e. The van der Waals surface area contributed by atoms with Gasteiger partial charge in [0.15, 0.2) is 5.16 Å². The number of nitrogens with zero attached hydrogens (tertiary/aromatic N) is 2. The van der Waals surface area contributed by atoms with E-state index in [0.717, 1.165) is 0 Å². The lowest BCUT2D eigenvalue weighted by atomic mass is 10.1. The van der Waals surface area contributed by atoms with Gasteiger partial charge in [-0.25, -0.2) is 4.98 Å². The first kappa shape index (κ1) is 19.2. The fraction of sp³-hybridized carbons (Fsp3) is 0.100. The van der Waals surface area contributed by atoms with Crippen LogP contribution in [-0.4, -0.2) is 22.1 Å². The number of nitriles is 1. The molecule has 1 heterocycles. The average Bonchev–Trinajstić information content (AvgIpc) is 2.69. The fourth-order valence-electron chi connectivity index (χ4n) is 2.54. The molecule has 0 aliphatic heterocycles. The number of ether oxygens (including phenoxy) is 1. The fourth-order valence-corrected chi connectivity index (χ4v) is 2.91. The minimum absolute atomic E-state index is 0.0742. The Hall–Kier alpha value is -3.57. The third kappa shape index (κ3) is 4.22. The van der Waals surface area contributed by atoms with Crippen molar-refractivity contribution in [2.24, 2.45) is 0 Å². The Bertz CT molecular complexity index is 1120. The molecule has 1 aromatic heterocycles. The Morgan fingerprint density at radius 1 is 1.21 bits per heavy atom. The van der Waals surface area contributed by atoms with Crippen LogP contribution in [0.5, 0.6) is 11.5 Å². The van der Waals surface area contributed by atoms with Crippen molar-refractivity contribution >= 4 is 23.4 Å². The molecule has 2 aromatic carbocycles. The molecule has 0 atom stereocenters. The Morgan fingerprint density at radius 2 is 1.93 bits per heavy atom. The van der Waals surface area contributed by atoms with Gasteiger partial charge in [0, 0.05) is 18.2 Å². The number of aromatic nitrogens is 2. The summed E-state index contributed by atoms with van der Waals surface area (Å²) in [5, 5.41) is 12.5. The van der Waals surface area contributed by atoms with E-state index in [4.69, 9.17) is 4.74 Å². The summed E-state index contributed by atoms with van der Waals surface area (Å²) in [5.41, 5.74) is 0.884. The van der Waals surface area contributed by atoms with Crippen LogP contribution < -0.4 is 15.6 Å². The van der Waals surface area contributed by atoms with Gasteiger partial charge in [0.25, 0.3) is 5.56 Å². The third-order valence-electron chi connectivity index (χ3n) is 3.75. The number of thioether (sulfide) groups is 1. The number of carbonyl (C=O) groups excluding carboxylic acids is 1. The lowest BCUT2D eigenvalue weighted by Crippen LogP contribution is -2.14. The first-order valence-electron chi connectivity index (χ1n) is 8.25. The molecule has 2 N–H and O–H groups in total. The number of hydrogen-bond donors (Lipinski definition) is 2. The Labute approximate surface area is 165 Å². The van der Waals surface area contributed by atoms with Crippen LogP contribution in [0.4, 0.5) is 5.69 Å². The number of para-hydroxylation sites is 1. The van der Waals surface area contributed by atoms with Gasteiger partial charge in [-0.1, -0.05) is 23.9 Å². The first-order chi connectivity index (χ1) is 13.5. The van der Waals surface area contributed by atoms with Gasteiger partial charge in [0.1, 0.15) is 28.8 Å². The molecule has 0 saturated carbocycles. The summed E-state index contributed by atoms with van der Waals surface area (Å²) in [6.45, 7) is 1.44. The molecule has 3 rings (SSSR count). The lowest BCUT2D eigenvalue weighted by molar-refractivity contribution is -0.114. The van der Waals surface area contributed by atoms with Gasteiger partial charge >= 0.3 is 0 Å². The average molecular weight is 392 g/mol. The second kappa shape index (κ2) is 8.41. The van der Waals surface area contributed by atoms with E-state index in [-0.39, 0.29) is 17.2 Å². The van der Waals surface area contributed by atoms with E-state index in [1.165, 1.54) is 18.7 Å². The van der Waals surface area contributed by atoms with E-state index >= 15 is 0 Å². The van der Waals surface area contributed by atoms with E-state index in [0.29, 0.717) is 27.9 Å². The van der Waals surface area contributed by atoms with E-state index in [2.05, 4.69) is 15.3 Å². The van der Waals surface area contributed by atoms with Gasteiger partial charge in [-0.2, -0.15) is 5.26 Å². The summed E-state index contributed by atoms with van der Waals surface area (Å²) < 4.78 is 5.96. The van der Waals surface area contributed by atoms with Crippen molar-refractivity contribution in [2.75, 3.05) is 11.6 Å². The number of nitrogens with one attached hydrogen (secondary N) is 2. The Kier molecular flexibility index (Phi) is 5.77. The molecule has 0 saturated heterocycles. The van der Waals surface area contributed by atoms with Crippen molar-refractivity contribution in [2.45, 2.75) is 12.1 Å². The summed E-state index contributed by atoms with van der Waals surface area (Å²) >= 11 is 1.28. The van der Waals surface area contributed by atoms with Gasteiger partial charge in [0.05, 0.1) is 0 Å². The lowest BCUT2D eigenvalue weighted by Gasteiger charge is -2.12. The molecule has 0 bridgehead atoms. The smallest absolute Gasteiger partial charge is 0.270 e. The van der Waals surface area contributed by atoms with Crippen LogP contribution in [0.15, 0.2) is 58.5 Å². The maximum atomic E-state index is 12.2. The molecule has 0 fully saturated rings. The zero-order chi connectivity index (χ0) is 20.1. The van der Waals surface area contributed by atoms with E-state index < -0.39 is 5.56 Å². The molecule has 1 amide bonds. The zero-order valence-corrected chi connectivity index (χ0v) is 16.0. The molecule has 8 heteroatoms. The van der Waals surface area contributed by atoms with Gasteiger partial charge in [-0.05, 0) is 42.7 Å². The number of anilines is 1. The molecule has 0 spiro atoms. The molecule has 0 radical (unpaired) electrons. The Balaban J connectivity index is 2.01. The van der Waals surface area contributed by atoms with E-state index in [9.17, 15) is 14.9 Å². The SMILES string of the molecule is CSc1nc(-c2ccccc2Oc2ccc(NC(C)=O)cc2)c(C#N)c(=O)[nH]1. The maximum Gasteiger partial charge on any atom is 0.270 e. The van der Waals surface area contributed by atoms with Crippen molar-refractivity contribution in [3.05, 3.63) is 64.4 Å². The Morgan fingerprint density at radius 3 is 2.57 bits per heavy atom. The molecule has 7 nitrogen and oxygen atoms in total. The number of amides is 1. The number of benzene rings is 2. The number of rotatable bonds is 5. The number of aromatic amines is 1. The summed E-state index contributed by atoms with van der Waals surface area (Å²) in [6.07, 6.45) is 1.78. The van der Waals surface area contributed by atoms with Crippen LogP contribution in [0, 0.1) is 11.3 Å². The predicted molar refractivity (Wildman–Crippen MR) is 108 cm³/mol. The molecule has 140 valence electrons. The zero-order valence-electron chi connectivity index (χ0n) is 15.1. The standard InChI is InChI=1S/C20H16N4O3S/c1-12(25)22-13-7-9-14(10-8-13)27-17-6-4-3-5-15(17)18-16(11-21)19(26)24-20(23-18)28-2/h3-10H,1-2H3,(H,22,25)(H,23,24,26). The summed E-state index contributed by atoms with van der Waals surface area (Å²) in [5.74, 6) is 0.833. The van der Waals surface area contributed by atoms with Crippen LogP contribution in [-0.2, 0) is 4.79 Å². The van der Waals surface area contributed by atoms with E-state index in [1.807, 2.05) is 6.07 Å². The van der Waals surface area contributed by atoms with Gasteiger partial charge < -0.3 is 15.0 Å².